The minimum absolute atomic E-state index is 0.0627. The summed E-state index contributed by atoms with van der Waals surface area (Å²) >= 11 is 0. The van der Waals surface area contributed by atoms with E-state index in [1.807, 2.05) is 13.0 Å². The summed E-state index contributed by atoms with van der Waals surface area (Å²) in [5.41, 5.74) is 1.98. The normalized spacial score (nSPS) is 18.6. The van der Waals surface area contributed by atoms with Gasteiger partial charge in [-0.3, -0.25) is 4.98 Å². The summed E-state index contributed by atoms with van der Waals surface area (Å²) in [4.78, 5) is 28.3. The number of pyridine rings is 1. The van der Waals surface area contributed by atoms with E-state index in [0.717, 1.165) is 11.1 Å². The summed E-state index contributed by atoms with van der Waals surface area (Å²) in [6.07, 6.45) is 2.45. The molecule has 7 heteroatoms. The Morgan fingerprint density at radius 1 is 1.60 bits per heavy atom. The first-order valence-corrected chi connectivity index (χ1v) is 6.34. The van der Waals surface area contributed by atoms with E-state index in [9.17, 15) is 9.59 Å². The van der Waals surface area contributed by atoms with Gasteiger partial charge in [0.2, 0.25) is 0 Å². The van der Waals surface area contributed by atoms with Crippen LogP contribution in [0, 0.1) is 6.92 Å². The Kier molecular flexibility index (Phi) is 4.52. The van der Waals surface area contributed by atoms with Gasteiger partial charge in [0.25, 0.3) is 0 Å². The van der Waals surface area contributed by atoms with Gasteiger partial charge in [-0.25, -0.2) is 9.59 Å². The van der Waals surface area contributed by atoms with Crippen molar-refractivity contribution in [3.05, 3.63) is 29.6 Å². The fraction of sp³-hybridized carbons (Fsp3) is 0.462. The number of carboxylic acids is 1. The highest BCUT2D eigenvalue weighted by Gasteiger charge is 2.28. The number of aryl methyl sites for hydroxylation is 1. The van der Waals surface area contributed by atoms with Crippen LogP contribution in [-0.4, -0.2) is 52.8 Å². The molecule has 1 saturated heterocycles. The molecule has 20 heavy (non-hydrogen) atoms. The van der Waals surface area contributed by atoms with Crippen molar-refractivity contribution in [2.45, 2.75) is 19.6 Å². The van der Waals surface area contributed by atoms with E-state index in [4.69, 9.17) is 9.84 Å². The van der Waals surface area contributed by atoms with Crippen LogP contribution in [0.5, 0.6) is 0 Å². The number of carboxylic acid groups (broad SMARTS) is 1. The average Bonchev–Trinajstić information content (AvgIpc) is 2.46. The number of rotatable bonds is 3. The SMILES string of the molecule is Cc1ccncc1CNC(=O)N1CCOC(C(=O)O)C1. The number of aliphatic carboxylic acids is 1. The number of morpholine rings is 1. The van der Waals surface area contributed by atoms with Gasteiger partial charge in [0, 0.05) is 25.5 Å². The third kappa shape index (κ3) is 3.45. The van der Waals surface area contributed by atoms with E-state index >= 15 is 0 Å². The van der Waals surface area contributed by atoms with Crippen molar-refractivity contribution >= 4 is 12.0 Å². The molecule has 1 atom stereocenters. The maximum atomic E-state index is 12.0. The van der Waals surface area contributed by atoms with Gasteiger partial charge in [0.1, 0.15) is 0 Å². The minimum atomic E-state index is -1.05. The Bertz CT molecular complexity index is 506. The lowest BCUT2D eigenvalue weighted by molar-refractivity contribution is -0.154. The molecule has 0 bridgehead atoms. The zero-order valence-electron chi connectivity index (χ0n) is 11.2. The van der Waals surface area contributed by atoms with Gasteiger partial charge in [-0.1, -0.05) is 0 Å². The van der Waals surface area contributed by atoms with E-state index in [1.54, 1.807) is 12.4 Å². The molecule has 0 radical (unpaired) electrons. The summed E-state index contributed by atoms with van der Waals surface area (Å²) in [5, 5.41) is 11.7. The number of ether oxygens (including phenoxy) is 1. The van der Waals surface area contributed by atoms with Crippen LogP contribution in [0.3, 0.4) is 0 Å². The van der Waals surface area contributed by atoms with Crippen molar-refractivity contribution in [1.29, 1.82) is 0 Å². The predicted octanol–water partition coefficient (Wildman–Crippen LogP) is 0.385. The fourth-order valence-corrected chi connectivity index (χ4v) is 1.95. The van der Waals surface area contributed by atoms with E-state index in [2.05, 4.69) is 10.3 Å². The third-order valence-electron chi connectivity index (χ3n) is 3.21. The molecule has 1 aromatic heterocycles. The zero-order valence-corrected chi connectivity index (χ0v) is 11.2. The summed E-state index contributed by atoms with van der Waals surface area (Å²) in [7, 11) is 0. The van der Waals surface area contributed by atoms with Crippen molar-refractivity contribution < 1.29 is 19.4 Å². The van der Waals surface area contributed by atoms with E-state index < -0.39 is 12.1 Å². The second-order valence-corrected chi connectivity index (χ2v) is 4.60. The monoisotopic (exact) mass is 279 g/mol. The fourth-order valence-electron chi connectivity index (χ4n) is 1.95. The van der Waals surface area contributed by atoms with Crippen LogP contribution < -0.4 is 5.32 Å². The summed E-state index contributed by atoms with van der Waals surface area (Å²) in [6, 6.07) is 1.58. The van der Waals surface area contributed by atoms with Crippen molar-refractivity contribution in [2.24, 2.45) is 0 Å². The van der Waals surface area contributed by atoms with Crippen molar-refractivity contribution in [1.82, 2.24) is 15.2 Å². The Balaban J connectivity index is 1.89. The van der Waals surface area contributed by atoms with Crippen LogP contribution in [-0.2, 0) is 16.1 Å². The molecule has 1 unspecified atom stereocenters. The quantitative estimate of drug-likeness (QED) is 0.835. The van der Waals surface area contributed by atoms with Crippen LogP contribution >= 0.6 is 0 Å². The highest BCUT2D eigenvalue weighted by atomic mass is 16.5. The number of carbonyl (C=O) groups excluding carboxylic acids is 1. The number of hydrogen-bond acceptors (Lipinski definition) is 4. The van der Waals surface area contributed by atoms with Crippen LogP contribution in [0.1, 0.15) is 11.1 Å². The molecule has 2 N–H and O–H groups in total. The molecule has 0 aromatic carbocycles. The first-order valence-electron chi connectivity index (χ1n) is 6.34. The summed E-state index contributed by atoms with van der Waals surface area (Å²) < 4.78 is 5.07. The molecule has 7 nitrogen and oxygen atoms in total. The topological polar surface area (TPSA) is 91.8 Å². The summed E-state index contributed by atoms with van der Waals surface area (Å²) in [6.45, 7) is 3.00. The first kappa shape index (κ1) is 14.3. The number of hydrogen-bond donors (Lipinski definition) is 2. The van der Waals surface area contributed by atoms with E-state index in [-0.39, 0.29) is 19.2 Å². The Hall–Kier alpha value is -2.15. The smallest absolute Gasteiger partial charge is 0.334 e. The van der Waals surface area contributed by atoms with Gasteiger partial charge < -0.3 is 20.1 Å². The summed E-state index contributed by atoms with van der Waals surface area (Å²) in [5.74, 6) is -1.05. The van der Waals surface area contributed by atoms with Crippen LogP contribution in [0.15, 0.2) is 18.5 Å². The minimum Gasteiger partial charge on any atom is -0.479 e. The maximum Gasteiger partial charge on any atom is 0.334 e. The second-order valence-electron chi connectivity index (χ2n) is 4.60. The largest absolute Gasteiger partial charge is 0.479 e. The predicted molar refractivity (Wildman–Crippen MR) is 70.2 cm³/mol. The van der Waals surface area contributed by atoms with Gasteiger partial charge in [-0.15, -0.1) is 0 Å². The zero-order chi connectivity index (χ0) is 14.5. The van der Waals surface area contributed by atoms with Crippen LogP contribution in [0.4, 0.5) is 4.79 Å². The van der Waals surface area contributed by atoms with Gasteiger partial charge in [0.15, 0.2) is 6.10 Å². The van der Waals surface area contributed by atoms with Gasteiger partial charge in [-0.05, 0) is 24.1 Å². The van der Waals surface area contributed by atoms with Crippen molar-refractivity contribution in [2.75, 3.05) is 19.7 Å². The van der Waals surface area contributed by atoms with E-state index in [1.165, 1.54) is 4.90 Å². The molecular weight excluding hydrogens is 262 g/mol. The van der Waals surface area contributed by atoms with Crippen molar-refractivity contribution in [3.8, 4) is 0 Å². The molecule has 1 aromatic rings. The number of urea groups is 1. The standard InChI is InChI=1S/C13H17N3O4/c1-9-2-3-14-6-10(9)7-15-13(19)16-4-5-20-11(8-16)12(17)18/h2-3,6,11H,4-5,7-8H2,1H3,(H,15,19)(H,17,18). The van der Waals surface area contributed by atoms with Gasteiger partial charge in [-0.2, -0.15) is 0 Å². The first-order chi connectivity index (χ1) is 9.58. The molecule has 1 fully saturated rings. The lowest BCUT2D eigenvalue weighted by atomic mass is 10.1. The number of amides is 2. The van der Waals surface area contributed by atoms with Gasteiger partial charge in [0.05, 0.1) is 13.2 Å². The number of aromatic nitrogens is 1. The maximum absolute atomic E-state index is 12.0. The Labute approximate surface area is 116 Å². The molecular formula is C13H17N3O4. The highest BCUT2D eigenvalue weighted by Crippen LogP contribution is 2.07. The Morgan fingerprint density at radius 3 is 3.10 bits per heavy atom. The van der Waals surface area contributed by atoms with Gasteiger partial charge >= 0.3 is 12.0 Å². The molecule has 1 aliphatic rings. The van der Waals surface area contributed by atoms with Crippen LogP contribution in [0.25, 0.3) is 0 Å². The van der Waals surface area contributed by atoms with Crippen molar-refractivity contribution in [3.63, 3.8) is 0 Å². The Morgan fingerprint density at radius 2 is 2.40 bits per heavy atom. The third-order valence-corrected chi connectivity index (χ3v) is 3.21. The lowest BCUT2D eigenvalue weighted by Gasteiger charge is -2.30. The number of nitrogens with one attached hydrogen (secondary N) is 1. The average molecular weight is 279 g/mol. The number of carbonyl (C=O) groups is 2. The molecule has 108 valence electrons. The van der Waals surface area contributed by atoms with E-state index in [0.29, 0.717) is 13.1 Å². The molecule has 0 spiro atoms. The molecule has 2 heterocycles. The molecule has 2 amide bonds. The highest BCUT2D eigenvalue weighted by molar-refractivity contribution is 5.77. The molecule has 0 saturated carbocycles. The molecule has 0 aliphatic carbocycles. The lowest BCUT2D eigenvalue weighted by Crippen LogP contribution is -2.51. The molecule has 1 aliphatic heterocycles. The molecule has 2 rings (SSSR count). The number of nitrogens with zero attached hydrogens (tertiary/aromatic N) is 2. The van der Waals surface area contributed by atoms with Crippen LogP contribution in [0.2, 0.25) is 0 Å². The second kappa shape index (κ2) is 6.33.